The van der Waals surface area contributed by atoms with Gasteiger partial charge < -0.3 is 14.4 Å². The van der Waals surface area contributed by atoms with E-state index in [9.17, 15) is 0 Å². The zero-order valence-electron chi connectivity index (χ0n) is 78.0. The molecule has 640 valence electrons. The number of rotatable bonds is 8. The van der Waals surface area contributed by atoms with Crippen molar-refractivity contribution < 1.29 is 0 Å². The van der Waals surface area contributed by atoms with Crippen molar-refractivity contribution in [1.82, 2.24) is 4.57 Å². The third kappa shape index (κ3) is 12.3. The molecule has 0 fully saturated rings. The fraction of sp³-hybridized carbons (Fsp3) is 0.163. The van der Waals surface area contributed by atoms with Crippen molar-refractivity contribution in [3.63, 3.8) is 0 Å². The summed E-state index contributed by atoms with van der Waals surface area (Å²) in [4.78, 5) is 4.76. The Balaban J connectivity index is 0.000000113. The Morgan fingerprint density at radius 3 is 1.02 bits per heavy atom. The van der Waals surface area contributed by atoms with Gasteiger partial charge >= 0.3 is 0 Å². The minimum Gasteiger partial charge on any atom is -0.310 e. The van der Waals surface area contributed by atoms with Crippen LogP contribution in [0.4, 0.5) is 34.1 Å². The minimum atomic E-state index is -0.0652. The number of hydrogen-bond donors (Lipinski definition) is 0. The highest BCUT2D eigenvalue weighted by Crippen LogP contribution is 2.61. The maximum atomic E-state index is 2.43. The van der Waals surface area contributed by atoms with Gasteiger partial charge in [-0.1, -0.05) is 400 Å². The van der Waals surface area contributed by atoms with Gasteiger partial charge in [-0.25, -0.2) is 0 Å². The quantitative estimate of drug-likeness (QED) is 0.141. The van der Waals surface area contributed by atoms with Crippen LogP contribution < -0.4 is 9.80 Å². The van der Waals surface area contributed by atoms with E-state index in [1.165, 1.54) is 198 Å². The largest absolute Gasteiger partial charge is 0.310 e. The standard InChI is InChI=1S/C47H41N.C44H35N.C38H33N/c1-45(2)39-18-12-10-16-36(39)37-26-24-34(29-42(37)45)48(32-14-8-7-9-15-32)33-23-25-35-31(28-33)21-20-30-22-27-41-44(43(30)35)38-17-11-13-19-40(38)46(3,4)47(41,5)6;1-43(2)37-14-8-5-13-36(37)42-38(44(43,3)4)26-22-29-17-18-31-27-30(21-25-33(31)41(29)42)28-19-23-32(24-20-28)45-39-15-9-6-11-34(39)35-12-7-10-16-40(35)45;1-37(2)34-18-12-11-17-32(34)33-23-21-26-19-20-27-25-30(22-24-31(27)35(26)36(33)38(37,3)4)39(28-13-7-5-8-14-28)29-15-9-6-10-16-29/h7-29H,1-6H3;5-27H,1-4H3;5-25H,1-4H3. The van der Waals surface area contributed by atoms with Crippen LogP contribution in [0.5, 0.6) is 0 Å². The van der Waals surface area contributed by atoms with Crippen LogP contribution in [-0.2, 0) is 37.9 Å². The van der Waals surface area contributed by atoms with Gasteiger partial charge in [0.2, 0.25) is 0 Å². The molecular weight excluding hydrogens is 1590 g/mol. The van der Waals surface area contributed by atoms with Crippen molar-refractivity contribution in [2.24, 2.45) is 0 Å². The van der Waals surface area contributed by atoms with Crippen LogP contribution in [0.15, 0.2) is 406 Å². The number of para-hydroxylation sites is 5. The van der Waals surface area contributed by atoms with Gasteiger partial charge in [0, 0.05) is 61.4 Å². The summed E-state index contributed by atoms with van der Waals surface area (Å²) >= 11 is 0. The molecule has 0 bridgehead atoms. The number of benzene rings is 20. The molecule has 0 spiro atoms. The molecule has 0 aliphatic heterocycles. The Bertz CT molecular complexity index is 8180. The second kappa shape index (κ2) is 30.2. The smallest absolute Gasteiger partial charge is 0.0541 e. The van der Waals surface area contributed by atoms with Crippen molar-refractivity contribution in [3.8, 4) is 61.3 Å². The molecule has 0 unspecified atom stereocenters. The van der Waals surface area contributed by atoms with Gasteiger partial charge in [-0.2, -0.15) is 0 Å². The highest BCUT2D eigenvalue weighted by Gasteiger charge is 2.50. The topological polar surface area (TPSA) is 11.4 Å². The predicted molar refractivity (Wildman–Crippen MR) is 566 cm³/mol. The molecule has 3 heteroatoms. The summed E-state index contributed by atoms with van der Waals surface area (Å²) in [7, 11) is 0. The lowest BCUT2D eigenvalue weighted by atomic mass is 9.54. The third-order valence-electron chi connectivity index (χ3n) is 32.7. The molecule has 0 radical (unpaired) electrons. The van der Waals surface area contributed by atoms with Gasteiger partial charge in [0.1, 0.15) is 0 Å². The Kier molecular flexibility index (Phi) is 18.7. The van der Waals surface area contributed by atoms with E-state index in [2.05, 4.69) is 518 Å². The highest BCUT2D eigenvalue weighted by atomic mass is 15.1. The summed E-state index contributed by atoms with van der Waals surface area (Å²) in [5.41, 5.74) is 35.3. The molecule has 1 aromatic heterocycles. The predicted octanol–water partition coefficient (Wildman–Crippen LogP) is 35.7. The molecule has 1 heterocycles. The molecule has 0 N–H and O–H groups in total. The van der Waals surface area contributed by atoms with E-state index in [-0.39, 0.29) is 37.9 Å². The third-order valence-corrected chi connectivity index (χ3v) is 32.7. The van der Waals surface area contributed by atoms with E-state index in [1.807, 2.05) is 0 Å². The van der Waals surface area contributed by atoms with Gasteiger partial charge in [-0.05, 0) is 295 Å². The number of hydrogen-bond acceptors (Lipinski definition) is 2. The van der Waals surface area contributed by atoms with Crippen molar-refractivity contribution in [2.75, 3.05) is 9.80 Å². The number of fused-ring (bicyclic) bond motifs is 27. The van der Waals surface area contributed by atoms with E-state index in [1.54, 1.807) is 0 Å². The lowest BCUT2D eigenvalue weighted by Gasteiger charge is -2.49. The Labute approximate surface area is 776 Å². The van der Waals surface area contributed by atoms with Crippen LogP contribution in [0.1, 0.15) is 141 Å². The normalized spacial score (nSPS) is 15.5. The van der Waals surface area contributed by atoms with Crippen molar-refractivity contribution in [1.29, 1.82) is 0 Å². The van der Waals surface area contributed by atoms with Crippen LogP contribution in [0.25, 0.3) is 148 Å². The van der Waals surface area contributed by atoms with Gasteiger partial charge in [0.15, 0.2) is 0 Å². The lowest BCUT2D eigenvalue weighted by Crippen LogP contribution is -2.43. The summed E-state index contributed by atoms with van der Waals surface area (Å²) in [5.74, 6) is 0. The van der Waals surface area contributed by atoms with Gasteiger partial charge in [-0.15, -0.1) is 0 Å². The first-order valence-electron chi connectivity index (χ1n) is 47.2. The summed E-state index contributed by atoms with van der Waals surface area (Å²) in [5, 5.41) is 18.3. The molecule has 20 aromatic carbocycles. The van der Waals surface area contributed by atoms with Gasteiger partial charge in [0.25, 0.3) is 0 Å². The van der Waals surface area contributed by atoms with Gasteiger partial charge in [0.05, 0.1) is 11.0 Å². The summed E-state index contributed by atoms with van der Waals surface area (Å²) in [6, 6.07) is 151. The van der Waals surface area contributed by atoms with Crippen molar-refractivity contribution >= 4 is 121 Å². The van der Waals surface area contributed by atoms with E-state index in [4.69, 9.17) is 0 Å². The van der Waals surface area contributed by atoms with Crippen LogP contribution in [0.3, 0.4) is 0 Å². The fourth-order valence-corrected chi connectivity index (χ4v) is 23.6. The van der Waals surface area contributed by atoms with Crippen LogP contribution in [-0.4, -0.2) is 4.57 Å². The Morgan fingerprint density at radius 1 is 0.189 bits per heavy atom. The molecule has 4 aliphatic rings. The van der Waals surface area contributed by atoms with E-state index < -0.39 is 0 Å². The van der Waals surface area contributed by atoms with Crippen LogP contribution in [0.2, 0.25) is 0 Å². The van der Waals surface area contributed by atoms with Crippen molar-refractivity contribution in [3.05, 3.63) is 451 Å². The number of aromatic nitrogens is 1. The molecule has 3 nitrogen and oxygen atoms in total. The maximum Gasteiger partial charge on any atom is 0.0541 e. The monoisotopic (exact) mass is 1700 g/mol. The first-order chi connectivity index (χ1) is 63.8. The molecule has 0 saturated heterocycles. The molecule has 0 atom stereocenters. The fourth-order valence-electron chi connectivity index (χ4n) is 23.6. The lowest BCUT2D eigenvalue weighted by molar-refractivity contribution is 0.299. The molecular formula is C129H109N3. The summed E-state index contributed by atoms with van der Waals surface area (Å²) in [6.07, 6.45) is 0. The molecule has 0 amide bonds. The molecule has 21 aromatic rings. The second-order valence-electron chi connectivity index (χ2n) is 41.1. The number of anilines is 6. The van der Waals surface area contributed by atoms with Crippen molar-refractivity contribution in [2.45, 2.75) is 135 Å². The summed E-state index contributed by atoms with van der Waals surface area (Å²) < 4.78 is 2.38. The molecule has 4 aliphatic carbocycles. The maximum absolute atomic E-state index is 2.43. The molecule has 25 rings (SSSR count). The Hall–Kier alpha value is -14.6. The first-order valence-corrected chi connectivity index (χ1v) is 47.2. The van der Waals surface area contributed by atoms with Crippen LogP contribution in [0, 0.1) is 0 Å². The average molecular weight is 1700 g/mol. The van der Waals surface area contributed by atoms with E-state index in [0.29, 0.717) is 0 Å². The highest BCUT2D eigenvalue weighted by molar-refractivity contribution is 6.19. The molecule has 0 saturated carbocycles. The Morgan fingerprint density at radius 2 is 0.515 bits per heavy atom. The zero-order chi connectivity index (χ0) is 90.3. The van der Waals surface area contributed by atoms with E-state index >= 15 is 0 Å². The first kappa shape index (κ1) is 81.8. The average Bonchev–Trinajstić information content (AvgIpc) is 1.21. The number of nitrogens with zero attached hydrogens (tertiary/aromatic N) is 3. The zero-order valence-corrected chi connectivity index (χ0v) is 78.0. The van der Waals surface area contributed by atoms with E-state index in [0.717, 1.165) is 28.4 Å². The minimum absolute atomic E-state index is 0.00397. The summed E-state index contributed by atoms with van der Waals surface area (Å²) in [6.45, 7) is 33.7. The van der Waals surface area contributed by atoms with Crippen LogP contribution >= 0.6 is 0 Å². The SMILES string of the molecule is CC1(C)c2ccccc2-c2c(ccc3ccc4cc(-c5ccc(-n6c7ccccc7c7ccccc76)cc5)ccc4c23)C1(C)C.CC1(C)c2ccccc2-c2ccc(N(c3ccccc3)c3ccc4c(ccc5ccc6c(c54)-c4ccccc4C(C)(C)C6(C)C)c3)cc21.CC1(C)c2ccccc2-c2ccc3ccc4cc(N(c5ccccc5)c5ccccc5)ccc4c3c2C1(C)C. The molecule has 132 heavy (non-hydrogen) atoms. The second-order valence-corrected chi connectivity index (χ2v) is 41.1. The van der Waals surface area contributed by atoms with Gasteiger partial charge in [-0.3, -0.25) is 0 Å².